The van der Waals surface area contributed by atoms with Gasteiger partial charge in [0.15, 0.2) is 11.6 Å². The molecule has 1 aliphatic rings. The number of nitrogens with two attached hydrogens (primary N) is 1. The molecule has 0 bridgehead atoms. The van der Waals surface area contributed by atoms with Crippen molar-refractivity contribution < 1.29 is 9.13 Å². The maximum absolute atomic E-state index is 14.4. The van der Waals surface area contributed by atoms with Gasteiger partial charge >= 0.3 is 0 Å². The standard InChI is InChI=1S/C21H32FN7O/c1-6-28-11-7-8-15(28)13-24-19-25-18(23)26-20(27-19)29(21(2,3)4)14-9-10-17(30-5)16(22)12-14/h9-10,12,15H,6-8,11,13H2,1-5H3,(H3,23,24,25,26,27). The molecule has 2 aromatic rings. The molecule has 1 atom stereocenters. The van der Waals surface area contributed by atoms with Gasteiger partial charge in [-0.2, -0.15) is 15.0 Å². The van der Waals surface area contributed by atoms with Crippen molar-refractivity contribution in [3.8, 4) is 5.75 Å². The van der Waals surface area contributed by atoms with Crippen molar-refractivity contribution in [2.24, 2.45) is 0 Å². The van der Waals surface area contributed by atoms with Gasteiger partial charge in [0.25, 0.3) is 0 Å². The zero-order valence-corrected chi connectivity index (χ0v) is 18.4. The molecule has 1 unspecified atom stereocenters. The normalized spacial score (nSPS) is 17.2. The molecule has 2 heterocycles. The van der Waals surface area contributed by atoms with E-state index in [1.165, 1.54) is 19.6 Å². The summed E-state index contributed by atoms with van der Waals surface area (Å²) in [7, 11) is 1.44. The number of likely N-dealkylation sites (tertiary alicyclic amines) is 1. The van der Waals surface area contributed by atoms with Crippen molar-refractivity contribution in [3.05, 3.63) is 24.0 Å². The number of likely N-dealkylation sites (N-methyl/N-ethyl adjacent to an activating group) is 1. The van der Waals surface area contributed by atoms with Crippen molar-refractivity contribution in [3.63, 3.8) is 0 Å². The Balaban J connectivity index is 1.90. The molecule has 0 spiro atoms. The molecule has 3 rings (SSSR count). The summed E-state index contributed by atoms with van der Waals surface area (Å²) in [6.45, 7) is 11.1. The lowest BCUT2D eigenvalue weighted by Crippen LogP contribution is -2.39. The van der Waals surface area contributed by atoms with Gasteiger partial charge in [-0.3, -0.25) is 4.90 Å². The van der Waals surface area contributed by atoms with Crippen LogP contribution in [0.25, 0.3) is 0 Å². The summed E-state index contributed by atoms with van der Waals surface area (Å²) in [4.78, 5) is 17.5. The molecule has 0 aliphatic carbocycles. The van der Waals surface area contributed by atoms with Gasteiger partial charge in [-0.15, -0.1) is 0 Å². The maximum atomic E-state index is 14.4. The van der Waals surface area contributed by atoms with Crippen molar-refractivity contribution >= 4 is 23.5 Å². The summed E-state index contributed by atoms with van der Waals surface area (Å²) in [6.07, 6.45) is 2.35. The number of ether oxygens (including phenoxy) is 1. The first-order valence-electron chi connectivity index (χ1n) is 10.4. The number of nitrogens with one attached hydrogen (secondary N) is 1. The van der Waals surface area contributed by atoms with E-state index in [0.29, 0.717) is 23.6 Å². The topological polar surface area (TPSA) is 92.4 Å². The molecule has 30 heavy (non-hydrogen) atoms. The van der Waals surface area contributed by atoms with Gasteiger partial charge in [-0.1, -0.05) is 6.92 Å². The number of aromatic nitrogens is 3. The number of methoxy groups -OCH3 is 1. The highest BCUT2D eigenvalue weighted by atomic mass is 19.1. The molecule has 3 N–H and O–H groups in total. The average molecular weight is 418 g/mol. The highest BCUT2D eigenvalue weighted by molar-refractivity contribution is 5.62. The molecule has 1 saturated heterocycles. The van der Waals surface area contributed by atoms with E-state index >= 15 is 0 Å². The van der Waals surface area contributed by atoms with E-state index in [-0.39, 0.29) is 11.7 Å². The van der Waals surface area contributed by atoms with Crippen LogP contribution >= 0.6 is 0 Å². The molecule has 1 fully saturated rings. The first kappa shape index (κ1) is 22.0. The van der Waals surface area contributed by atoms with E-state index in [4.69, 9.17) is 10.5 Å². The second kappa shape index (κ2) is 8.99. The van der Waals surface area contributed by atoms with E-state index in [1.807, 2.05) is 25.7 Å². The van der Waals surface area contributed by atoms with Gasteiger partial charge in [-0.25, -0.2) is 4.39 Å². The molecule has 164 valence electrons. The van der Waals surface area contributed by atoms with Gasteiger partial charge < -0.3 is 20.7 Å². The molecule has 8 nitrogen and oxygen atoms in total. The summed E-state index contributed by atoms with van der Waals surface area (Å²) in [6, 6.07) is 5.23. The van der Waals surface area contributed by atoms with Crippen LogP contribution in [0.5, 0.6) is 5.75 Å². The lowest BCUT2D eigenvalue weighted by molar-refractivity contribution is 0.277. The summed E-state index contributed by atoms with van der Waals surface area (Å²) < 4.78 is 19.4. The Morgan fingerprint density at radius 3 is 2.70 bits per heavy atom. The van der Waals surface area contributed by atoms with Gasteiger partial charge in [0.05, 0.1) is 7.11 Å². The number of anilines is 4. The van der Waals surface area contributed by atoms with Crippen LogP contribution in [-0.4, -0.2) is 58.2 Å². The van der Waals surface area contributed by atoms with E-state index in [0.717, 1.165) is 26.1 Å². The van der Waals surface area contributed by atoms with E-state index in [1.54, 1.807) is 12.1 Å². The number of rotatable bonds is 7. The van der Waals surface area contributed by atoms with Crippen LogP contribution in [0.3, 0.4) is 0 Å². The maximum Gasteiger partial charge on any atom is 0.237 e. The summed E-state index contributed by atoms with van der Waals surface area (Å²) >= 11 is 0. The lowest BCUT2D eigenvalue weighted by atomic mass is 10.1. The van der Waals surface area contributed by atoms with E-state index in [2.05, 4.69) is 32.1 Å². The van der Waals surface area contributed by atoms with Crippen molar-refractivity contribution in [2.45, 2.75) is 52.1 Å². The van der Waals surface area contributed by atoms with E-state index in [9.17, 15) is 4.39 Å². The fourth-order valence-electron chi connectivity index (χ4n) is 3.91. The van der Waals surface area contributed by atoms with Crippen molar-refractivity contribution in [1.29, 1.82) is 0 Å². The van der Waals surface area contributed by atoms with Crippen LogP contribution in [0.1, 0.15) is 40.5 Å². The minimum absolute atomic E-state index is 0.115. The Kier molecular flexibility index (Phi) is 6.60. The predicted octanol–water partition coefficient (Wildman–Crippen LogP) is 3.43. The van der Waals surface area contributed by atoms with Crippen LogP contribution in [-0.2, 0) is 0 Å². The number of benzene rings is 1. The summed E-state index contributed by atoms with van der Waals surface area (Å²) in [5.41, 5.74) is 6.17. The van der Waals surface area contributed by atoms with Gasteiger partial charge in [0.1, 0.15) is 0 Å². The van der Waals surface area contributed by atoms with Gasteiger partial charge in [-0.05, 0) is 58.8 Å². The summed E-state index contributed by atoms with van der Waals surface area (Å²) in [5.74, 6) is 0.627. The minimum Gasteiger partial charge on any atom is -0.494 e. The van der Waals surface area contributed by atoms with Crippen LogP contribution in [0.2, 0.25) is 0 Å². The Morgan fingerprint density at radius 2 is 2.07 bits per heavy atom. The average Bonchev–Trinajstić information content (AvgIpc) is 3.13. The molecular formula is C21H32FN7O. The third-order valence-electron chi connectivity index (χ3n) is 5.31. The Morgan fingerprint density at radius 1 is 1.30 bits per heavy atom. The molecular weight excluding hydrogens is 385 g/mol. The second-order valence-corrected chi connectivity index (χ2v) is 8.45. The van der Waals surface area contributed by atoms with Gasteiger partial charge in [0, 0.05) is 29.9 Å². The number of nitrogen functional groups attached to an aromatic ring is 1. The zero-order valence-electron chi connectivity index (χ0n) is 18.4. The molecule has 0 amide bonds. The van der Waals surface area contributed by atoms with Gasteiger partial charge in [0.2, 0.25) is 17.8 Å². The van der Waals surface area contributed by atoms with Crippen LogP contribution in [0, 0.1) is 5.82 Å². The largest absolute Gasteiger partial charge is 0.494 e. The molecule has 1 aromatic carbocycles. The monoisotopic (exact) mass is 417 g/mol. The number of nitrogens with zero attached hydrogens (tertiary/aromatic N) is 5. The third kappa shape index (κ3) is 4.89. The first-order valence-corrected chi connectivity index (χ1v) is 10.4. The molecule has 0 saturated carbocycles. The highest BCUT2D eigenvalue weighted by Crippen LogP contribution is 2.34. The number of hydrogen-bond donors (Lipinski definition) is 2. The first-order chi connectivity index (χ1) is 14.2. The number of halogens is 1. The van der Waals surface area contributed by atoms with Crippen molar-refractivity contribution in [1.82, 2.24) is 19.9 Å². The zero-order chi connectivity index (χ0) is 21.9. The quantitative estimate of drug-likeness (QED) is 0.708. The number of hydrogen-bond acceptors (Lipinski definition) is 8. The van der Waals surface area contributed by atoms with Crippen LogP contribution in [0.15, 0.2) is 18.2 Å². The van der Waals surface area contributed by atoms with Crippen LogP contribution in [0.4, 0.5) is 27.9 Å². The van der Waals surface area contributed by atoms with Crippen LogP contribution < -0.4 is 20.7 Å². The molecule has 1 aliphatic heterocycles. The highest BCUT2D eigenvalue weighted by Gasteiger charge is 2.28. The molecule has 9 heteroatoms. The lowest BCUT2D eigenvalue weighted by Gasteiger charge is -2.36. The minimum atomic E-state index is -0.453. The second-order valence-electron chi connectivity index (χ2n) is 8.45. The fourth-order valence-corrected chi connectivity index (χ4v) is 3.91. The predicted molar refractivity (Wildman–Crippen MR) is 118 cm³/mol. The Bertz CT molecular complexity index is 871. The Hall–Kier alpha value is -2.68. The SMILES string of the molecule is CCN1CCCC1CNc1nc(N)nc(N(c2ccc(OC)c(F)c2)C(C)(C)C)n1. The molecule has 0 radical (unpaired) electrons. The third-order valence-corrected chi connectivity index (χ3v) is 5.31. The summed E-state index contributed by atoms with van der Waals surface area (Å²) in [5, 5.41) is 3.31. The van der Waals surface area contributed by atoms with Crippen molar-refractivity contribution in [2.75, 3.05) is 42.7 Å². The molecule has 1 aromatic heterocycles. The Labute approximate surface area is 177 Å². The smallest absolute Gasteiger partial charge is 0.237 e. The fraction of sp³-hybridized carbons (Fsp3) is 0.571. The van der Waals surface area contributed by atoms with E-state index < -0.39 is 11.4 Å².